The highest BCUT2D eigenvalue weighted by Crippen LogP contribution is 2.14. The molecule has 4 nitrogen and oxygen atoms in total. The van der Waals surface area contributed by atoms with Crippen LogP contribution in [0.4, 0.5) is 0 Å². The van der Waals surface area contributed by atoms with Crippen molar-refractivity contribution in [3.05, 3.63) is 0 Å². The highest BCUT2D eigenvalue weighted by atomic mass is 32.2. The zero-order valence-electron chi connectivity index (χ0n) is 11.0. The number of hydrogen-bond acceptors (Lipinski definition) is 4. The van der Waals surface area contributed by atoms with Gasteiger partial charge < -0.3 is 10.1 Å². The van der Waals surface area contributed by atoms with Gasteiger partial charge in [-0.15, -0.1) is 0 Å². The van der Waals surface area contributed by atoms with Gasteiger partial charge in [0.25, 0.3) is 0 Å². The maximum Gasteiger partial charge on any atom is 0.156 e. The monoisotopic (exact) mass is 251 g/mol. The fourth-order valence-electron chi connectivity index (χ4n) is 1.00. The largest absolute Gasteiger partial charge is 0.377 e. The summed E-state index contributed by atoms with van der Waals surface area (Å²) in [7, 11) is -3.00. The van der Waals surface area contributed by atoms with E-state index in [1.165, 1.54) is 0 Å². The minimum atomic E-state index is -3.00. The SMILES string of the molecule is CC(C)OCCNCCS(=O)(=O)C(C)(C)C. The predicted molar refractivity (Wildman–Crippen MR) is 67.5 cm³/mol. The molecule has 0 rings (SSSR count). The summed E-state index contributed by atoms with van der Waals surface area (Å²) in [6.07, 6.45) is 0.222. The molecule has 0 saturated carbocycles. The second-order valence-electron chi connectivity index (χ2n) is 5.10. The van der Waals surface area contributed by atoms with E-state index in [0.29, 0.717) is 19.7 Å². The molecule has 0 aliphatic heterocycles. The molecule has 0 aromatic heterocycles. The topological polar surface area (TPSA) is 55.4 Å². The van der Waals surface area contributed by atoms with Crippen molar-refractivity contribution in [3.63, 3.8) is 0 Å². The van der Waals surface area contributed by atoms with Gasteiger partial charge in [-0.25, -0.2) is 8.42 Å². The molecule has 0 unspecified atom stereocenters. The lowest BCUT2D eigenvalue weighted by molar-refractivity contribution is 0.0811. The van der Waals surface area contributed by atoms with Crippen LogP contribution in [0.25, 0.3) is 0 Å². The first-order valence-corrected chi connectivity index (χ1v) is 7.36. The fraction of sp³-hybridized carbons (Fsp3) is 1.00. The van der Waals surface area contributed by atoms with Crippen LogP contribution >= 0.6 is 0 Å². The molecule has 0 amide bonds. The highest BCUT2D eigenvalue weighted by molar-refractivity contribution is 7.92. The summed E-state index contributed by atoms with van der Waals surface area (Å²) in [5.41, 5.74) is 0. The molecular formula is C11H25NO3S. The van der Waals surface area contributed by atoms with Gasteiger partial charge in [0.15, 0.2) is 9.84 Å². The molecule has 0 bridgehead atoms. The Labute approximate surface area is 99.7 Å². The first kappa shape index (κ1) is 15.9. The summed E-state index contributed by atoms with van der Waals surface area (Å²) < 4.78 is 28.1. The zero-order chi connectivity index (χ0) is 12.8. The van der Waals surface area contributed by atoms with E-state index in [4.69, 9.17) is 4.74 Å². The van der Waals surface area contributed by atoms with Crippen LogP contribution in [0, 0.1) is 0 Å². The van der Waals surface area contributed by atoms with Crippen LogP contribution in [0.15, 0.2) is 0 Å². The van der Waals surface area contributed by atoms with E-state index < -0.39 is 14.6 Å². The molecular weight excluding hydrogens is 226 g/mol. The van der Waals surface area contributed by atoms with Gasteiger partial charge in [-0.05, 0) is 34.6 Å². The third-order valence-corrected chi connectivity index (χ3v) is 4.82. The zero-order valence-corrected chi connectivity index (χ0v) is 11.9. The lowest BCUT2D eigenvalue weighted by Gasteiger charge is -2.19. The summed E-state index contributed by atoms with van der Waals surface area (Å²) in [5, 5.41) is 3.06. The van der Waals surface area contributed by atoms with Crippen molar-refractivity contribution in [1.29, 1.82) is 0 Å². The minimum Gasteiger partial charge on any atom is -0.377 e. The third-order valence-electron chi connectivity index (χ3n) is 2.21. The standard InChI is InChI=1S/C11H25NO3S/c1-10(2)15-8-6-12-7-9-16(13,14)11(3,4)5/h10,12H,6-9H2,1-5H3. The molecule has 0 radical (unpaired) electrons. The average Bonchev–Trinajstić information content (AvgIpc) is 2.08. The van der Waals surface area contributed by atoms with Crippen LogP contribution in [0.1, 0.15) is 34.6 Å². The molecule has 0 fully saturated rings. The minimum absolute atomic E-state index is 0.179. The average molecular weight is 251 g/mol. The highest BCUT2D eigenvalue weighted by Gasteiger charge is 2.27. The van der Waals surface area contributed by atoms with Crippen LogP contribution in [-0.4, -0.2) is 44.7 Å². The van der Waals surface area contributed by atoms with Crippen LogP contribution in [0.3, 0.4) is 0 Å². The Kier molecular flexibility index (Phi) is 6.51. The summed E-state index contributed by atoms with van der Waals surface area (Å²) in [4.78, 5) is 0. The van der Waals surface area contributed by atoms with Gasteiger partial charge in [-0.2, -0.15) is 0 Å². The number of ether oxygens (including phenoxy) is 1. The Hall–Kier alpha value is -0.130. The van der Waals surface area contributed by atoms with Gasteiger partial charge in [-0.1, -0.05) is 0 Å². The maximum atomic E-state index is 11.7. The van der Waals surface area contributed by atoms with E-state index in [1.807, 2.05) is 13.8 Å². The van der Waals surface area contributed by atoms with Gasteiger partial charge in [0, 0.05) is 13.1 Å². The number of nitrogens with one attached hydrogen (secondary N) is 1. The van der Waals surface area contributed by atoms with Gasteiger partial charge >= 0.3 is 0 Å². The van der Waals surface area contributed by atoms with Crippen LogP contribution in [0.5, 0.6) is 0 Å². The summed E-state index contributed by atoms with van der Waals surface area (Å²) in [6.45, 7) is 10.9. The van der Waals surface area contributed by atoms with E-state index >= 15 is 0 Å². The maximum absolute atomic E-state index is 11.7. The van der Waals surface area contributed by atoms with Gasteiger partial charge in [0.2, 0.25) is 0 Å². The Balaban J connectivity index is 3.68. The molecule has 98 valence electrons. The summed E-state index contributed by atoms with van der Waals surface area (Å²) >= 11 is 0. The second kappa shape index (κ2) is 6.57. The van der Waals surface area contributed by atoms with E-state index in [9.17, 15) is 8.42 Å². The Morgan fingerprint density at radius 1 is 1.19 bits per heavy atom. The Bertz CT molecular complexity index is 278. The second-order valence-corrected chi connectivity index (χ2v) is 7.96. The lowest BCUT2D eigenvalue weighted by atomic mass is 10.3. The van der Waals surface area contributed by atoms with Crippen molar-refractivity contribution in [1.82, 2.24) is 5.32 Å². The van der Waals surface area contributed by atoms with E-state index in [0.717, 1.165) is 0 Å². The molecule has 0 aromatic carbocycles. The van der Waals surface area contributed by atoms with Crippen molar-refractivity contribution in [3.8, 4) is 0 Å². The van der Waals surface area contributed by atoms with Crippen molar-refractivity contribution < 1.29 is 13.2 Å². The Morgan fingerprint density at radius 2 is 1.75 bits per heavy atom. The first-order valence-electron chi connectivity index (χ1n) is 5.71. The molecule has 0 atom stereocenters. The number of rotatable bonds is 7. The number of hydrogen-bond donors (Lipinski definition) is 1. The molecule has 0 heterocycles. The van der Waals surface area contributed by atoms with Crippen molar-refractivity contribution >= 4 is 9.84 Å². The molecule has 0 aliphatic rings. The molecule has 0 aromatic rings. The molecule has 16 heavy (non-hydrogen) atoms. The summed E-state index contributed by atoms with van der Waals surface area (Å²) in [6, 6.07) is 0. The molecule has 5 heteroatoms. The quantitative estimate of drug-likeness (QED) is 0.691. The molecule has 0 aliphatic carbocycles. The van der Waals surface area contributed by atoms with Crippen LogP contribution < -0.4 is 5.32 Å². The Morgan fingerprint density at radius 3 is 2.19 bits per heavy atom. The van der Waals surface area contributed by atoms with Gasteiger partial charge in [0.1, 0.15) is 0 Å². The van der Waals surface area contributed by atoms with Crippen LogP contribution in [0.2, 0.25) is 0 Å². The van der Waals surface area contributed by atoms with Crippen molar-refractivity contribution in [2.24, 2.45) is 0 Å². The van der Waals surface area contributed by atoms with Crippen LogP contribution in [-0.2, 0) is 14.6 Å². The molecule has 0 saturated heterocycles. The van der Waals surface area contributed by atoms with Gasteiger partial charge in [-0.3, -0.25) is 0 Å². The lowest BCUT2D eigenvalue weighted by Crippen LogP contribution is -2.35. The summed E-state index contributed by atoms with van der Waals surface area (Å²) in [5.74, 6) is 0.179. The molecule has 1 N–H and O–H groups in total. The number of sulfone groups is 1. The van der Waals surface area contributed by atoms with Crippen molar-refractivity contribution in [2.75, 3.05) is 25.4 Å². The van der Waals surface area contributed by atoms with E-state index in [-0.39, 0.29) is 11.9 Å². The molecule has 0 spiro atoms. The van der Waals surface area contributed by atoms with E-state index in [2.05, 4.69) is 5.32 Å². The smallest absolute Gasteiger partial charge is 0.156 e. The normalized spacial score (nSPS) is 13.4. The van der Waals surface area contributed by atoms with E-state index in [1.54, 1.807) is 20.8 Å². The van der Waals surface area contributed by atoms with Crippen molar-refractivity contribution in [2.45, 2.75) is 45.5 Å². The first-order chi connectivity index (χ1) is 7.17. The van der Waals surface area contributed by atoms with Gasteiger partial charge in [0.05, 0.1) is 23.2 Å². The third kappa shape index (κ3) is 6.45. The fourth-order valence-corrected chi connectivity index (χ4v) is 2.03. The predicted octanol–water partition coefficient (Wildman–Crippen LogP) is 1.21.